The van der Waals surface area contributed by atoms with E-state index in [4.69, 9.17) is 4.74 Å². The summed E-state index contributed by atoms with van der Waals surface area (Å²) in [7, 11) is 5.33. The number of nitrogens with one attached hydrogen (secondary N) is 1. The van der Waals surface area contributed by atoms with E-state index in [9.17, 15) is 4.79 Å². The largest absolute Gasteiger partial charge is 0.385 e. The Morgan fingerprint density at radius 1 is 1.38 bits per heavy atom. The highest BCUT2D eigenvalue weighted by molar-refractivity contribution is 5.98. The minimum atomic E-state index is 0.0669. The van der Waals surface area contributed by atoms with Gasteiger partial charge in [0.15, 0.2) is 5.96 Å². The molecule has 2 rings (SSSR count). The third-order valence-electron chi connectivity index (χ3n) is 4.04. The molecule has 1 saturated heterocycles. The number of aryl methyl sites for hydroxylation is 1. The number of piperazine rings is 1. The molecule has 8 nitrogen and oxygen atoms in total. The number of hydrogen-bond acceptors (Lipinski definition) is 4. The number of nitrogens with zero attached hydrogens (tertiary/aromatic N) is 5. The molecule has 1 amide bonds. The van der Waals surface area contributed by atoms with Crippen molar-refractivity contribution in [1.29, 1.82) is 0 Å². The van der Waals surface area contributed by atoms with E-state index in [-0.39, 0.29) is 5.91 Å². The Morgan fingerprint density at radius 3 is 2.83 bits per heavy atom. The molecule has 0 spiro atoms. The second-order valence-electron chi connectivity index (χ2n) is 5.87. The van der Waals surface area contributed by atoms with Gasteiger partial charge in [0.05, 0.1) is 11.9 Å². The second kappa shape index (κ2) is 9.27. The molecule has 1 aromatic rings. The SMILES string of the molecule is CN=C(NCCCCCOC)N1CCN(c2cnn(C)c2)C(=O)C1. The summed E-state index contributed by atoms with van der Waals surface area (Å²) in [5, 5.41) is 7.48. The topological polar surface area (TPSA) is 75.0 Å². The number of aliphatic imine (C=N–C) groups is 1. The van der Waals surface area contributed by atoms with Crippen molar-refractivity contribution < 1.29 is 9.53 Å². The van der Waals surface area contributed by atoms with Crippen molar-refractivity contribution in [1.82, 2.24) is 20.0 Å². The molecule has 1 aromatic heterocycles. The molecule has 0 radical (unpaired) electrons. The van der Waals surface area contributed by atoms with Gasteiger partial charge in [-0.15, -0.1) is 0 Å². The van der Waals surface area contributed by atoms with Crippen LogP contribution in [0.25, 0.3) is 0 Å². The van der Waals surface area contributed by atoms with Gasteiger partial charge in [-0.2, -0.15) is 5.10 Å². The van der Waals surface area contributed by atoms with E-state index in [0.717, 1.165) is 50.6 Å². The van der Waals surface area contributed by atoms with E-state index in [0.29, 0.717) is 13.1 Å². The van der Waals surface area contributed by atoms with Crippen LogP contribution in [0, 0.1) is 0 Å². The van der Waals surface area contributed by atoms with Crippen LogP contribution in [0.4, 0.5) is 5.69 Å². The van der Waals surface area contributed by atoms with Gasteiger partial charge in [-0.3, -0.25) is 14.5 Å². The zero-order chi connectivity index (χ0) is 17.4. The Balaban J connectivity index is 1.79. The lowest BCUT2D eigenvalue weighted by atomic mass is 10.2. The van der Waals surface area contributed by atoms with Gasteiger partial charge < -0.3 is 19.9 Å². The van der Waals surface area contributed by atoms with E-state index >= 15 is 0 Å². The molecular formula is C16H28N6O2. The standard InChI is InChI=1S/C16H28N6O2/c1-17-16(18-7-5-4-6-10-24-3)21-8-9-22(15(23)13-21)14-11-19-20(2)12-14/h11-12H,4-10,13H2,1-3H3,(H,17,18). The summed E-state index contributed by atoms with van der Waals surface area (Å²) >= 11 is 0. The Kier molecular flexibility index (Phi) is 7.05. The van der Waals surface area contributed by atoms with Gasteiger partial charge in [-0.25, -0.2) is 0 Å². The van der Waals surface area contributed by atoms with Crippen LogP contribution in [0.2, 0.25) is 0 Å². The van der Waals surface area contributed by atoms with Crippen molar-refractivity contribution in [3.05, 3.63) is 12.4 Å². The molecule has 8 heteroatoms. The maximum Gasteiger partial charge on any atom is 0.246 e. The fourth-order valence-electron chi connectivity index (χ4n) is 2.76. The van der Waals surface area contributed by atoms with Crippen LogP contribution in [-0.4, -0.2) is 73.5 Å². The van der Waals surface area contributed by atoms with Gasteiger partial charge in [0.2, 0.25) is 5.91 Å². The van der Waals surface area contributed by atoms with Crippen LogP contribution in [0.1, 0.15) is 19.3 Å². The number of methoxy groups -OCH3 is 1. The molecule has 0 aliphatic carbocycles. The zero-order valence-electron chi connectivity index (χ0n) is 14.9. The third-order valence-corrected chi connectivity index (χ3v) is 4.04. The highest BCUT2D eigenvalue weighted by atomic mass is 16.5. The van der Waals surface area contributed by atoms with Crippen LogP contribution in [0.5, 0.6) is 0 Å². The highest BCUT2D eigenvalue weighted by Gasteiger charge is 2.27. The Hall–Kier alpha value is -2.09. The third kappa shape index (κ3) is 4.95. The Labute approximate surface area is 143 Å². The second-order valence-corrected chi connectivity index (χ2v) is 5.87. The Morgan fingerprint density at radius 2 is 2.21 bits per heavy atom. The average molecular weight is 336 g/mol. The van der Waals surface area contributed by atoms with Crippen LogP contribution < -0.4 is 10.2 Å². The molecule has 0 atom stereocenters. The molecule has 1 aliphatic rings. The van der Waals surface area contributed by atoms with Crippen molar-refractivity contribution in [3.63, 3.8) is 0 Å². The first-order chi connectivity index (χ1) is 11.7. The summed E-state index contributed by atoms with van der Waals surface area (Å²) in [5.74, 6) is 0.859. The molecule has 0 saturated carbocycles. The lowest BCUT2D eigenvalue weighted by molar-refractivity contribution is -0.120. The van der Waals surface area contributed by atoms with Crippen molar-refractivity contribution in [2.75, 3.05) is 51.8 Å². The van der Waals surface area contributed by atoms with E-state index in [2.05, 4.69) is 15.4 Å². The minimum absolute atomic E-state index is 0.0669. The van der Waals surface area contributed by atoms with Crippen molar-refractivity contribution in [3.8, 4) is 0 Å². The molecule has 1 aliphatic heterocycles. The van der Waals surface area contributed by atoms with Gasteiger partial charge in [0.25, 0.3) is 0 Å². The first kappa shape index (κ1) is 18.3. The van der Waals surface area contributed by atoms with Crippen LogP contribution in [-0.2, 0) is 16.6 Å². The normalized spacial score (nSPS) is 16.0. The summed E-state index contributed by atoms with van der Waals surface area (Å²) in [5.41, 5.74) is 0.850. The summed E-state index contributed by atoms with van der Waals surface area (Å²) in [6, 6.07) is 0. The number of carbonyl (C=O) groups is 1. The van der Waals surface area contributed by atoms with Gasteiger partial charge in [0, 0.05) is 53.6 Å². The number of carbonyl (C=O) groups excluding carboxylic acids is 1. The number of ether oxygens (including phenoxy) is 1. The molecule has 134 valence electrons. The first-order valence-electron chi connectivity index (χ1n) is 8.39. The van der Waals surface area contributed by atoms with Crippen molar-refractivity contribution in [2.45, 2.75) is 19.3 Å². The summed E-state index contributed by atoms with van der Waals surface area (Å²) in [6.07, 6.45) is 6.83. The van der Waals surface area contributed by atoms with Gasteiger partial charge in [-0.1, -0.05) is 0 Å². The number of rotatable bonds is 7. The first-order valence-corrected chi connectivity index (χ1v) is 8.39. The molecule has 2 heterocycles. The minimum Gasteiger partial charge on any atom is -0.385 e. The number of anilines is 1. The number of hydrogen-bond donors (Lipinski definition) is 1. The van der Waals surface area contributed by atoms with E-state index < -0.39 is 0 Å². The van der Waals surface area contributed by atoms with Gasteiger partial charge in [0.1, 0.15) is 6.54 Å². The fraction of sp³-hybridized carbons (Fsp3) is 0.688. The number of unbranched alkanes of at least 4 members (excludes halogenated alkanes) is 2. The van der Waals surface area contributed by atoms with Crippen LogP contribution >= 0.6 is 0 Å². The molecular weight excluding hydrogens is 308 g/mol. The molecule has 0 unspecified atom stereocenters. The maximum atomic E-state index is 12.4. The fourth-order valence-corrected chi connectivity index (χ4v) is 2.76. The predicted octanol–water partition coefficient (Wildman–Crippen LogP) is 0.461. The summed E-state index contributed by atoms with van der Waals surface area (Å²) < 4.78 is 6.75. The van der Waals surface area contributed by atoms with E-state index in [1.165, 1.54) is 0 Å². The van der Waals surface area contributed by atoms with E-state index in [1.54, 1.807) is 29.9 Å². The molecule has 1 N–H and O–H groups in total. The molecule has 1 fully saturated rings. The van der Waals surface area contributed by atoms with E-state index in [1.807, 2.05) is 18.1 Å². The zero-order valence-corrected chi connectivity index (χ0v) is 14.9. The van der Waals surface area contributed by atoms with Crippen molar-refractivity contribution in [2.24, 2.45) is 12.0 Å². The number of aromatic nitrogens is 2. The number of amides is 1. The molecule has 0 bridgehead atoms. The molecule has 24 heavy (non-hydrogen) atoms. The summed E-state index contributed by atoms with van der Waals surface area (Å²) in [4.78, 5) is 20.5. The summed E-state index contributed by atoms with van der Waals surface area (Å²) in [6.45, 7) is 3.38. The monoisotopic (exact) mass is 336 g/mol. The number of guanidine groups is 1. The predicted molar refractivity (Wildman–Crippen MR) is 94.2 cm³/mol. The van der Waals surface area contributed by atoms with Gasteiger partial charge in [-0.05, 0) is 19.3 Å². The van der Waals surface area contributed by atoms with Crippen LogP contribution in [0.3, 0.4) is 0 Å². The maximum absolute atomic E-state index is 12.4. The van der Waals surface area contributed by atoms with Crippen molar-refractivity contribution >= 4 is 17.6 Å². The van der Waals surface area contributed by atoms with Crippen LogP contribution in [0.15, 0.2) is 17.4 Å². The smallest absolute Gasteiger partial charge is 0.246 e. The average Bonchev–Trinajstić information content (AvgIpc) is 3.00. The molecule has 0 aromatic carbocycles. The lowest BCUT2D eigenvalue weighted by Gasteiger charge is -2.35. The quantitative estimate of drug-likeness (QED) is 0.445. The Bertz CT molecular complexity index is 557. The van der Waals surface area contributed by atoms with Gasteiger partial charge >= 0.3 is 0 Å². The lowest BCUT2D eigenvalue weighted by Crippen LogP contribution is -2.55. The highest BCUT2D eigenvalue weighted by Crippen LogP contribution is 2.16.